The average molecular weight is 288 g/mol. The summed E-state index contributed by atoms with van der Waals surface area (Å²) < 4.78 is 37.3. The molecule has 2 atom stereocenters. The molecule has 0 radical (unpaired) electrons. The van der Waals surface area contributed by atoms with E-state index in [1.165, 1.54) is 4.90 Å². The second kappa shape index (κ2) is 4.22. The van der Waals surface area contributed by atoms with Crippen molar-refractivity contribution in [2.24, 2.45) is 0 Å². The second-order valence-corrected chi connectivity index (χ2v) is 4.90. The lowest BCUT2D eigenvalue weighted by Crippen LogP contribution is -2.48. The number of rotatable bonds is 1. The Kier molecular flexibility index (Phi) is 2.73. The van der Waals surface area contributed by atoms with Gasteiger partial charge in [-0.25, -0.2) is 14.8 Å². The number of halogens is 3. The fourth-order valence-corrected chi connectivity index (χ4v) is 2.76. The topological polar surface area (TPSA) is 69.6 Å². The first kappa shape index (κ1) is 12.9. The zero-order valence-corrected chi connectivity index (χ0v) is 10.2. The van der Waals surface area contributed by atoms with E-state index in [1.807, 2.05) is 0 Å². The van der Waals surface area contributed by atoms with Crippen molar-refractivity contribution in [2.75, 3.05) is 18.0 Å². The maximum Gasteiger partial charge on any atom is 0.419 e. The van der Waals surface area contributed by atoms with E-state index < -0.39 is 17.8 Å². The minimum absolute atomic E-state index is 0.0622. The van der Waals surface area contributed by atoms with Crippen LogP contribution in [0.2, 0.25) is 0 Å². The van der Waals surface area contributed by atoms with E-state index in [0.29, 0.717) is 19.5 Å². The summed E-state index contributed by atoms with van der Waals surface area (Å²) in [6.07, 6.45) is -3.25. The highest BCUT2D eigenvalue weighted by molar-refractivity contribution is 5.67. The molecule has 3 rings (SSSR count). The van der Waals surface area contributed by atoms with E-state index in [-0.39, 0.29) is 18.0 Å². The number of carbonyl (C=O) groups is 1. The zero-order chi connectivity index (χ0) is 14.5. The molecule has 3 heterocycles. The third kappa shape index (κ3) is 2.02. The number of hydrogen-bond acceptors (Lipinski definition) is 4. The molecule has 0 aliphatic carbocycles. The van der Waals surface area contributed by atoms with Gasteiger partial charge in [0.15, 0.2) is 0 Å². The van der Waals surface area contributed by atoms with Crippen LogP contribution in [0.25, 0.3) is 0 Å². The molecule has 9 heteroatoms. The molecule has 1 amide bonds. The van der Waals surface area contributed by atoms with E-state index in [1.54, 1.807) is 4.90 Å². The maximum atomic E-state index is 12.4. The lowest BCUT2D eigenvalue weighted by Gasteiger charge is -2.32. The van der Waals surface area contributed by atoms with Crippen LogP contribution in [0.5, 0.6) is 0 Å². The molecule has 2 fully saturated rings. The van der Waals surface area contributed by atoms with Gasteiger partial charge in [0.05, 0.1) is 17.6 Å². The van der Waals surface area contributed by atoms with Gasteiger partial charge in [-0.15, -0.1) is 0 Å². The highest BCUT2D eigenvalue weighted by Crippen LogP contribution is 2.34. The van der Waals surface area contributed by atoms with Crippen LogP contribution in [-0.4, -0.2) is 51.2 Å². The Morgan fingerprint density at radius 2 is 1.90 bits per heavy atom. The first-order valence-electron chi connectivity index (χ1n) is 6.01. The normalized spacial score (nSPS) is 25.4. The summed E-state index contributed by atoms with van der Waals surface area (Å²) in [4.78, 5) is 21.6. The number of piperazine rings is 1. The van der Waals surface area contributed by atoms with Gasteiger partial charge in [-0.2, -0.15) is 13.2 Å². The molecule has 1 aromatic rings. The molecule has 2 bridgehead atoms. The number of hydrogen-bond donors (Lipinski definition) is 1. The molecule has 2 aliphatic heterocycles. The summed E-state index contributed by atoms with van der Waals surface area (Å²) in [5.74, 6) is 0.218. The predicted octanol–water partition coefficient (Wildman–Crippen LogP) is 1.44. The monoisotopic (exact) mass is 288 g/mol. The quantitative estimate of drug-likeness (QED) is 0.846. The van der Waals surface area contributed by atoms with Gasteiger partial charge in [-0.1, -0.05) is 0 Å². The molecule has 0 aromatic carbocycles. The molecule has 6 nitrogen and oxygen atoms in total. The Morgan fingerprint density at radius 1 is 1.25 bits per heavy atom. The SMILES string of the molecule is O=C(O)N1C[C@@H]2C[C@H]1CN2c1ncc(C(F)(F)F)cn1. The molecule has 108 valence electrons. The van der Waals surface area contributed by atoms with E-state index in [0.717, 1.165) is 12.4 Å². The minimum atomic E-state index is -4.46. The van der Waals surface area contributed by atoms with Gasteiger partial charge in [0.1, 0.15) is 0 Å². The average Bonchev–Trinajstić information content (AvgIpc) is 2.97. The summed E-state index contributed by atoms with van der Waals surface area (Å²) in [7, 11) is 0. The number of fused-ring (bicyclic) bond motifs is 2. The van der Waals surface area contributed by atoms with Gasteiger partial charge in [0.2, 0.25) is 5.95 Å². The van der Waals surface area contributed by atoms with E-state index in [9.17, 15) is 18.0 Å². The van der Waals surface area contributed by atoms with Gasteiger partial charge >= 0.3 is 12.3 Å². The molecule has 2 aliphatic rings. The number of alkyl halides is 3. The summed E-state index contributed by atoms with van der Waals surface area (Å²) in [6, 6.07) is -0.198. The van der Waals surface area contributed by atoms with Crippen molar-refractivity contribution in [1.29, 1.82) is 0 Å². The van der Waals surface area contributed by atoms with Crippen LogP contribution < -0.4 is 4.90 Å². The minimum Gasteiger partial charge on any atom is -0.465 e. The van der Waals surface area contributed by atoms with E-state index >= 15 is 0 Å². The van der Waals surface area contributed by atoms with Gasteiger partial charge in [-0.3, -0.25) is 0 Å². The van der Waals surface area contributed by atoms with Crippen LogP contribution >= 0.6 is 0 Å². The van der Waals surface area contributed by atoms with Gasteiger partial charge in [0.25, 0.3) is 0 Å². The number of nitrogens with zero attached hydrogens (tertiary/aromatic N) is 4. The zero-order valence-electron chi connectivity index (χ0n) is 10.2. The summed E-state index contributed by atoms with van der Waals surface area (Å²) >= 11 is 0. The molecule has 1 N–H and O–H groups in total. The Bertz CT molecular complexity index is 533. The highest BCUT2D eigenvalue weighted by atomic mass is 19.4. The Morgan fingerprint density at radius 3 is 2.35 bits per heavy atom. The number of likely N-dealkylation sites (tertiary alicyclic amines) is 1. The second-order valence-electron chi connectivity index (χ2n) is 4.90. The first-order chi connectivity index (χ1) is 9.36. The van der Waals surface area contributed by atoms with Crippen LogP contribution in [0.3, 0.4) is 0 Å². The van der Waals surface area contributed by atoms with Crippen molar-refractivity contribution >= 4 is 12.0 Å². The third-order valence-corrected chi connectivity index (χ3v) is 3.71. The molecule has 0 spiro atoms. The Hall–Kier alpha value is -2.06. The van der Waals surface area contributed by atoms with Gasteiger partial charge < -0.3 is 14.9 Å². The van der Waals surface area contributed by atoms with Crippen molar-refractivity contribution in [3.63, 3.8) is 0 Å². The maximum absolute atomic E-state index is 12.4. The Labute approximate surface area is 111 Å². The van der Waals surface area contributed by atoms with Crippen LogP contribution in [0.1, 0.15) is 12.0 Å². The van der Waals surface area contributed by atoms with Gasteiger partial charge in [0, 0.05) is 25.5 Å². The van der Waals surface area contributed by atoms with Crippen LogP contribution in [-0.2, 0) is 6.18 Å². The summed E-state index contributed by atoms with van der Waals surface area (Å²) in [6.45, 7) is 0.757. The standard InChI is InChI=1S/C11H11F3N4O2/c12-11(13,14)6-2-15-9(16-3-6)17-4-8-1-7(17)5-18(8)10(19)20/h2-3,7-8H,1,4-5H2,(H,19,20)/t7-,8-/m0/s1. The number of aromatic nitrogens is 2. The van der Waals surface area contributed by atoms with Crippen LogP contribution in [0.4, 0.5) is 23.9 Å². The number of amides is 1. The lowest BCUT2D eigenvalue weighted by molar-refractivity contribution is -0.138. The summed E-state index contributed by atoms with van der Waals surface area (Å²) in [5, 5.41) is 8.97. The molecular formula is C11H11F3N4O2. The largest absolute Gasteiger partial charge is 0.465 e. The van der Waals surface area contributed by atoms with Crippen molar-refractivity contribution in [2.45, 2.75) is 24.7 Å². The van der Waals surface area contributed by atoms with E-state index in [2.05, 4.69) is 9.97 Å². The van der Waals surface area contributed by atoms with Crippen LogP contribution in [0.15, 0.2) is 12.4 Å². The van der Waals surface area contributed by atoms with Crippen molar-refractivity contribution in [3.8, 4) is 0 Å². The molecule has 0 unspecified atom stereocenters. The Balaban J connectivity index is 1.75. The van der Waals surface area contributed by atoms with Crippen molar-refractivity contribution in [3.05, 3.63) is 18.0 Å². The molecular weight excluding hydrogens is 277 g/mol. The number of carboxylic acid groups (broad SMARTS) is 1. The highest BCUT2D eigenvalue weighted by Gasteiger charge is 2.46. The first-order valence-corrected chi connectivity index (χ1v) is 6.01. The van der Waals surface area contributed by atoms with Crippen molar-refractivity contribution in [1.82, 2.24) is 14.9 Å². The molecule has 1 aromatic heterocycles. The molecule has 2 saturated heterocycles. The molecule has 0 saturated carbocycles. The smallest absolute Gasteiger partial charge is 0.419 e. The third-order valence-electron chi connectivity index (χ3n) is 3.71. The van der Waals surface area contributed by atoms with Crippen molar-refractivity contribution < 1.29 is 23.1 Å². The van der Waals surface area contributed by atoms with Crippen LogP contribution in [0, 0.1) is 0 Å². The predicted molar refractivity (Wildman–Crippen MR) is 61.3 cm³/mol. The van der Waals surface area contributed by atoms with E-state index in [4.69, 9.17) is 5.11 Å². The molecule has 20 heavy (non-hydrogen) atoms. The fourth-order valence-electron chi connectivity index (χ4n) is 2.76. The fraction of sp³-hybridized carbons (Fsp3) is 0.545. The lowest BCUT2D eigenvalue weighted by atomic mass is 10.2. The summed E-state index contributed by atoms with van der Waals surface area (Å²) in [5.41, 5.74) is -0.891. The van der Waals surface area contributed by atoms with Gasteiger partial charge in [-0.05, 0) is 6.42 Å². The number of anilines is 1.